The van der Waals surface area contributed by atoms with Gasteiger partial charge in [0.2, 0.25) is 0 Å². The van der Waals surface area contributed by atoms with Gasteiger partial charge >= 0.3 is 0 Å². The molecule has 0 aliphatic heterocycles. The number of aromatic nitrogens is 2. The second-order valence-corrected chi connectivity index (χ2v) is 29.8. The van der Waals surface area contributed by atoms with Gasteiger partial charge in [-0.15, -0.1) is 0 Å². The highest BCUT2D eigenvalue weighted by Crippen LogP contribution is 2.55. The van der Waals surface area contributed by atoms with Gasteiger partial charge in [-0.2, -0.15) is 0 Å². The second-order valence-electron chi connectivity index (χ2n) is 29.8. The molecule has 6 nitrogen and oxygen atoms in total. The molecule has 0 atom stereocenters. The minimum absolute atomic E-state index is 0.0307. The lowest BCUT2D eigenvalue weighted by Crippen LogP contribution is -2.20. The van der Waals surface area contributed by atoms with Crippen molar-refractivity contribution < 1.29 is 39.6 Å². The fraction of sp³-hybridized carbons (Fsp3) is 0.118. The van der Waals surface area contributed by atoms with Gasteiger partial charge in [0.15, 0.2) is 0 Å². The highest BCUT2D eigenvalue weighted by molar-refractivity contribution is 6.11. The average Bonchev–Trinajstić information content (AvgIpc) is 1.54. The van der Waals surface area contributed by atoms with E-state index in [1.807, 2.05) is 149 Å². The van der Waals surface area contributed by atoms with Crippen molar-refractivity contribution in [3.63, 3.8) is 0 Å². The molecule has 0 fully saturated rings. The molecule has 0 spiro atoms. The first-order valence-corrected chi connectivity index (χ1v) is 35.7. The van der Waals surface area contributed by atoms with E-state index in [2.05, 4.69) is 86.6 Å². The molecule has 526 valence electrons. The zero-order valence-electron chi connectivity index (χ0n) is 83.0. The number of fused-ring (bicyclic) bond motifs is 6. The van der Waals surface area contributed by atoms with Gasteiger partial charge in [-0.25, -0.2) is 0 Å². The Bertz CT molecular complexity index is 7020. The fourth-order valence-corrected chi connectivity index (χ4v) is 14.2. The van der Waals surface area contributed by atoms with E-state index in [4.69, 9.17) is 23.2 Å². The highest BCUT2D eigenvalue weighted by atomic mass is 16.5. The van der Waals surface area contributed by atoms with E-state index in [9.17, 15) is 16.4 Å². The SMILES string of the molecule is [2H]c1cc(Oc2cc(N(c3cc(N(c4cc(Oc5cc([2H])c([2H])c([2H])c5[2H])cc(-n5c6cc([2H])c([2H])c([2H])c6c6c([2H])c([2H])c([2H])c([2H])c65)c4)c4c(-c5ccccc5)cc(C(C)(C)C)cc4-c4ccccc4)cc(C(C)(C)C)c3)c3c(-c4ccccc4)cc(C(C)(C)C)cc3-c3ccccc3)cc(-n3c4cc([2H])c([2H])c([2H])c4c4c([2H])c([2H])c([2H])c([2H])c43)c2)c([2H])c([2H])c1[2H]. The minimum atomic E-state index is -0.877. The second kappa shape index (κ2) is 27.9. The smallest absolute Gasteiger partial charge is 0.131 e. The van der Waals surface area contributed by atoms with Crippen molar-refractivity contribution in [3.8, 4) is 78.9 Å². The van der Waals surface area contributed by atoms with Crippen molar-refractivity contribution in [2.24, 2.45) is 0 Å². The first-order chi connectivity index (χ1) is 61.5. The van der Waals surface area contributed by atoms with Crippen molar-refractivity contribution >= 4 is 77.7 Å². The summed E-state index contributed by atoms with van der Waals surface area (Å²) in [6.45, 7) is 18.9. The maximum absolute atomic E-state index is 9.95. The van der Waals surface area contributed by atoms with Crippen LogP contribution in [0.15, 0.2) is 357 Å². The Morgan fingerprint density at radius 2 is 0.556 bits per heavy atom. The van der Waals surface area contributed by atoms with Crippen molar-refractivity contribution in [2.75, 3.05) is 9.80 Å². The molecule has 2 aromatic heterocycles. The number of para-hydroxylation sites is 6. The third-order valence-corrected chi connectivity index (χ3v) is 19.5. The third-order valence-electron chi connectivity index (χ3n) is 19.5. The number of hydrogen-bond donors (Lipinski definition) is 0. The molecular formula is C102H86N4O2. The van der Waals surface area contributed by atoms with E-state index < -0.39 is 149 Å². The summed E-state index contributed by atoms with van der Waals surface area (Å²) in [5.41, 5.74) is 8.31. The number of ether oxygens (including phenoxy) is 2. The zero-order chi connectivity index (χ0) is 93.0. The summed E-state index contributed by atoms with van der Waals surface area (Å²) in [6.07, 6.45) is 0. The van der Waals surface area contributed by atoms with Crippen LogP contribution in [0.2, 0.25) is 0 Å². The zero-order valence-corrected chi connectivity index (χ0v) is 61.0. The van der Waals surface area contributed by atoms with E-state index in [1.165, 1.54) is 33.4 Å². The summed E-state index contributed by atoms with van der Waals surface area (Å²) >= 11 is 0. The Hall–Kier alpha value is -12.9. The Morgan fingerprint density at radius 3 is 0.907 bits per heavy atom. The van der Waals surface area contributed by atoms with Gasteiger partial charge in [0, 0.05) is 79.4 Å². The van der Waals surface area contributed by atoms with Crippen molar-refractivity contribution in [1.82, 2.24) is 9.13 Å². The largest absolute Gasteiger partial charge is 0.457 e. The van der Waals surface area contributed by atoms with E-state index in [0.717, 1.165) is 45.5 Å². The van der Waals surface area contributed by atoms with Crippen LogP contribution in [0.25, 0.3) is 99.5 Å². The maximum atomic E-state index is 9.95. The first kappa shape index (κ1) is 47.5. The molecule has 15 aromatic carbocycles. The van der Waals surface area contributed by atoms with Crippen LogP contribution in [0.4, 0.5) is 34.1 Å². The van der Waals surface area contributed by atoms with Gasteiger partial charge in [-0.1, -0.05) is 292 Å². The molecule has 17 aromatic rings. The lowest BCUT2D eigenvalue weighted by Gasteiger charge is -2.36. The monoisotopic (exact) mass is 1420 g/mol. The summed E-state index contributed by atoms with van der Waals surface area (Å²) in [5, 5.41) is -0.392. The van der Waals surface area contributed by atoms with Gasteiger partial charge in [-0.3, -0.25) is 0 Å². The van der Waals surface area contributed by atoms with Crippen LogP contribution >= 0.6 is 0 Å². The summed E-state index contributed by atoms with van der Waals surface area (Å²) < 4.78 is 222. The molecule has 6 heteroatoms. The Morgan fingerprint density at radius 1 is 0.259 bits per heavy atom. The van der Waals surface area contributed by atoms with E-state index in [-0.39, 0.29) is 89.4 Å². The maximum Gasteiger partial charge on any atom is 0.131 e. The summed E-state index contributed by atoms with van der Waals surface area (Å²) in [4.78, 5) is 4.08. The molecule has 108 heavy (non-hydrogen) atoms. The lowest BCUT2D eigenvalue weighted by atomic mass is 9.81. The average molecular weight is 1420 g/mol. The molecule has 0 unspecified atom stereocenters. The number of anilines is 6. The third kappa shape index (κ3) is 13.1. The number of hydrogen-bond acceptors (Lipinski definition) is 4. The van der Waals surface area contributed by atoms with Crippen LogP contribution < -0.4 is 19.3 Å². The predicted molar refractivity (Wildman–Crippen MR) is 455 cm³/mol. The molecule has 17 rings (SSSR count). The molecule has 0 aliphatic carbocycles. The van der Waals surface area contributed by atoms with E-state index in [1.54, 1.807) is 24.3 Å². The van der Waals surface area contributed by atoms with Gasteiger partial charge in [-0.05, 0) is 158 Å². The van der Waals surface area contributed by atoms with E-state index in [0.29, 0.717) is 50.6 Å². The number of nitrogens with zero attached hydrogens (tertiary/aromatic N) is 4. The molecule has 0 saturated heterocycles. The molecule has 0 radical (unpaired) electrons. The Kier molecular flexibility index (Phi) is 12.3. The van der Waals surface area contributed by atoms with Gasteiger partial charge in [0.05, 0.1) is 86.3 Å². The Balaban J connectivity index is 1.11. The minimum Gasteiger partial charge on any atom is -0.457 e. The van der Waals surface area contributed by atoms with Crippen LogP contribution in [-0.4, -0.2) is 9.13 Å². The molecule has 0 amide bonds. The lowest BCUT2D eigenvalue weighted by molar-refractivity contribution is 0.482. The highest BCUT2D eigenvalue weighted by Gasteiger charge is 2.33. The number of benzene rings is 15. The summed E-state index contributed by atoms with van der Waals surface area (Å²) in [5.74, 6) is -0.814. The summed E-state index contributed by atoms with van der Waals surface area (Å²) in [7, 11) is 0. The molecule has 0 N–H and O–H groups in total. The first-order valence-electron chi connectivity index (χ1n) is 46.7. The van der Waals surface area contributed by atoms with Crippen LogP contribution in [0.5, 0.6) is 23.0 Å². The quantitative estimate of drug-likeness (QED) is 0.0966. The van der Waals surface area contributed by atoms with E-state index >= 15 is 0 Å². The number of rotatable bonds is 16. The van der Waals surface area contributed by atoms with Crippen LogP contribution in [-0.2, 0) is 16.2 Å². The predicted octanol–water partition coefficient (Wildman–Crippen LogP) is 29.0. The molecular weight excluding hydrogens is 1310 g/mol. The van der Waals surface area contributed by atoms with Crippen LogP contribution in [0.1, 0.15) is 109 Å². The van der Waals surface area contributed by atoms with Crippen LogP contribution in [0, 0.1) is 0 Å². The molecule has 0 aliphatic rings. The molecule has 0 saturated carbocycles. The topological polar surface area (TPSA) is 34.8 Å². The fourth-order valence-electron chi connectivity index (χ4n) is 14.2. The van der Waals surface area contributed by atoms with Crippen molar-refractivity contribution in [1.29, 1.82) is 0 Å². The normalized spacial score (nSPS) is 14.8. The van der Waals surface area contributed by atoms with Crippen molar-refractivity contribution in [3.05, 3.63) is 374 Å². The molecule has 0 bridgehead atoms. The standard InChI is InChI=1S/C102H86N4O2/c1-100(2,3)73-56-76(103(98-90(69-36-16-10-17-37-69)58-74(101(4,5)6)59-91(98)70-38-18-11-19-39-70)78-63-80(67-84(65-78)107-82-44-24-14-25-45-82)105-94-52-32-28-48-86(94)87-49-29-33-53-95(87)105)62-77(57-73)104(99-92(71-40-20-12-21-41-71)60-75(102(7,8)9)61-93(99)72-42-22-13-23-43-72)79-64-81(68-85(66-79)108-83-46-26-15-27-47-83)106-96-54-34-30-50-88(96)89-51-31-35-55-97(89)106/h10-68H,1-9H3/i14D,15D,24D,25D,26D,27D,28D,29D,30D,31D,32D,33D,34D,35D,44D,46D,48D,49D,50D,51D,52D,54D. The van der Waals surface area contributed by atoms with Gasteiger partial charge < -0.3 is 28.4 Å². The van der Waals surface area contributed by atoms with Gasteiger partial charge in [0.25, 0.3) is 0 Å². The van der Waals surface area contributed by atoms with Crippen molar-refractivity contribution in [2.45, 2.75) is 78.6 Å². The van der Waals surface area contributed by atoms with Gasteiger partial charge in [0.1, 0.15) is 23.0 Å². The Labute approximate surface area is 665 Å². The summed E-state index contributed by atoms with van der Waals surface area (Å²) in [6, 6.07) is 57.0. The molecule has 2 heterocycles. The van der Waals surface area contributed by atoms with Crippen LogP contribution in [0.3, 0.4) is 0 Å².